The van der Waals surface area contributed by atoms with Crippen molar-refractivity contribution in [2.24, 2.45) is 0 Å². The molecule has 3 aromatic rings. The Morgan fingerprint density at radius 2 is 1.48 bits per heavy atom. The third-order valence-electron chi connectivity index (χ3n) is 5.98. The first kappa shape index (κ1) is 20.9. The van der Waals surface area contributed by atoms with E-state index in [1.807, 2.05) is 67.6 Å². The second-order valence-corrected chi connectivity index (χ2v) is 7.91. The van der Waals surface area contributed by atoms with E-state index in [1.54, 1.807) is 17.0 Å². The first-order valence-electron chi connectivity index (χ1n) is 10.7. The predicted molar refractivity (Wildman–Crippen MR) is 118 cm³/mol. The molecule has 0 radical (unpaired) electrons. The zero-order valence-electron chi connectivity index (χ0n) is 17.7. The molecule has 1 atom stereocenters. The lowest BCUT2D eigenvalue weighted by Crippen LogP contribution is -3.19. The normalized spacial score (nSPS) is 15.6. The molecule has 1 aliphatic rings. The van der Waals surface area contributed by atoms with Gasteiger partial charge in [-0.05, 0) is 30.2 Å². The summed E-state index contributed by atoms with van der Waals surface area (Å²) in [5, 5.41) is 3.25. The van der Waals surface area contributed by atoms with E-state index in [-0.39, 0.29) is 23.9 Å². The summed E-state index contributed by atoms with van der Waals surface area (Å²) in [4.78, 5) is 28.6. The maximum atomic E-state index is 13.2. The molecule has 2 heterocycles. The molecule has 0 saturated carbocycles. The van der Waals surface area contributed by atoms with Gasteiger partial charge in [0, 0.05) is 0 Å². The van der Waals surface area contributed by atoms with Gasteiger partial charge in [-0.15, -0.1) is 0 Å². The van der Waals surface area contributed by atoms with Crippen LogP contribution in [0.2, 0.25) is 0 Å². The van der Waals surface area contributed by atoms with Gasteiger partial charge in [-0.2, -0.15) is 0 Å². The highest BCUT2D eigenvalue weighted by Crippen LogP contribution is 2.21. The van der Waals surface area contributed by atoms with Crippen molar-refractivity contribution in [3.05, 3.63) is 95.9 Å². The van der Waals surface area contributed by atoms with Gasteiger partial charge in [-0.3, -0.25) is 9.59 Å². The van der Waals surface area contributed by atoms with E-state index < -0.39 is 0 Å². The predicted octanol–water partition coefficient (Wildman–Crippen LogP) is 1.91. The Bertz CT molecular complexity index is 942. The Morgan fingerprint density at radius 3 is 2.00 bits per heavy atom. The molecule has 1 saturated heterocycles. The van der Waals surface area contributed by atoms with Gasteiger partial charge < -0.3 is 19.5 Å². The molecule has 0 aliphatic carbocycles. The van der Waals surface area contributed by atoms with Crippen molar-refractivity contribution >= 4 is 11.8 Å². The van der Waals surface area contributed by atoms with Gasteiger partial charge in [0.15, 0.2) is 11.8 Å². The number of benzene rings is 2. The number of hydrogen-bond acceptors (Lipinski definition) is 3. The molecule has 0 unspecified atom stereocenters. The van der Waals surface area contributed by atoms with Gasteiger partial charge in [0.05, 0.1) is 38.5 Å². The van der Waals surface area contributed by atoms with E-state index in [4.69, 9.17) is 4.42 Å². The molecule has 1 fully saturated rings. The second-order valence-electron chi connectivity index (χ2n) is 7.91. The second kappa shape index (κ2) is 9.62. The van der Waals surface area contributed by atoms with Crippen molar-refractivity contribution in [3.8, 4) is 0 Å². The summed E-state index contributed by atoms with van der Waals surface area (Å²) in [6.07, 6.45) is 1.51. The Kier molecular flexibility index (Phi) is 6.48. The number of quaternary nitrogens is 1. The Hall–Kier alpha value is -3.38. The Balaban J connectivity index is 1.40. The highest BCUT2D eigenvalue weighted by Gasteiger charge is 2.32. The van der Waals surface area contributed by atoms with Crippen LogP contribution >= 0.6 is 0 Å². The molecule has 160 valence electrons. The lowest BCUT2D eigenvalue weighted by atomic mass is 9.98. The number of rotatable bonds is 6. The van der Waals surface area contributed by atoms with Crippen LogP contribution in [0.3, 0.4) is 0 Å². The first-order valence-corrected chi connectivity index (χ1v) is 10.7. The van der Waals surface area contributed by atoms with Gasteiger partial charge in [0.1, 0.15) is 0 Å². The third-order valence-corrected chi connectivity index (χ3v) is 5.98. The Labute approximate surface area is 182 Å². The number of amides is 2. The lowest BCUT2D eigenvalue weighted by molar-refractivity contribution is -0.917. The summed E-state index contributed by atoms with van der Waals surface area (Å²) < 4.78 is 5.23. The molecule has 31 heavy (non-hydrogen) atoms. The molecule has 6 heteroatoms. The van der Waals surface area contributed by atoms with Crippen molar-refractivity contribution in [2.75, 3.05) is 26.2 Å². The van der Waals surface area contributed by atoms with Crippen LogP contribution in [0, 0.1) is 0 Å². The average Bonchev–Trinajstić information content (AvgIpc) is 3.38. The Morgan fingerprint density at radius 1 is 0.903 bits per heavy atom. The summed E-state index contributed by atoms with van der Waals surface area (Å²) >= 11 is 0. The number of carbonyl (C=O) groups excluding carboxylic acids is 2. The summed E-state index contributed by atoms with van der Waals surface area (Å²) in [7, 11) is 0. The zero-order chi connectivity index (χ0) is 21.6. The van der Waals surface area contributed by atoms with Gasteiger partial charge in [0.25, 0.3) is 11.8 Å². The lowest BCUT2D eigenvalue weighted by Gasteiger charge is -2.35. The fourth-order valence-corrected chi connectivity index (χ4v) is 4.09. The third kappa shape index (κ3) is 4.86. The van der Waals surface area contributed by atoms with Gasteiger partial charge in [-0.1, -0.05) is 60.7 Å². The molecule has 1 aliphatic heterocycles. The zero-order valence-corrected chi connectivity index (χ0v) is 17.7. The minimum absolute atomic E-state index is 0.0125. The van der Waals surface area contributed by atoms with E-state index in [0.29, 0.717) is 18.8 Å². The molecular weight excluding hydrogens is 390 g/mol. The smallest absolute Gasteiger partial charge is 0.289 e. The molecule has 0 bridgehead atoms. The van der Waals surface area contributed by atoms with Crippen LogP contribution in [0.4, 0.5) is 0 Å². The molecule has 4 rings (SSSR count). The van der Waals surface area contributed by atoms with Crippen molar-refractivity contribution in [1.29, 1.82) is 0 Å². The van der Waals surface area contributed by atoms with E-state index in [0.717, 1.165) is 24.2 Å². The highest BCUT2D eigenvalue weighted by atomic mass is 16.3. The monoisotopic (exact) mass is 418 g/mol. The van der Waals surface area contributed by atoms with Crippen LogP contribution in [0.15, 0.2) is 83.5 Å². The van der Waals surface area contributed by atoms with Gasteiger partial charge >= 0.3 is 0 Å². The number of furan rings is 1. The summed E-state index contributed by atoms with van der Waals surface area (Å²) in [6.45, 7) is 4.62. The fraction of sp³-hybridized carbons (Fsp3) is 0.280. The van der Waals surface area contributed by atoms with Crippen molar-refractivity contribution in [3.63, 3.8) is 0 Å². The first-order chi connectivity index (χ1) is 15.1. The van der Waals surface area contributed by atoms with Crippen LogP contribution < -0.4 is 10.2 Å². The van der Waals surface area contributed by atoms with E-state index in [2.05, 4.69) is 5.32 Å². The maximum Gasteiger partial charge on any atom is 0.289 e. The number of nitrogens with zero attached hydrogens (tertiary/aromatic N) is 1. The van der Waals surface area contributed by atoms with Crippen LogP contribution in [0.5, 0.6) is 0 Å². The van der Waals surface area contributed by atoms with Crippen LogP contribution in [0.25, 0.3) is 0 Å². The topological polar surface area (TPSA) is 67.0 Å². The minimum atomic E-state index is -0.212. The standard InChI is InChI=1S/C25H27N3O3/c1-19(27-14-16-28(17-15-27)25(30)22-13-8-18-31-22)24(29)26-23(20-9-4-2-5-10-20)21-11-6-3-7-12-21/h2-13,18-19,23H,14-17H2,1H3,(H,26,29)/p+1/t19-/m1/s1. The SMILES string of the molecule is C[C@H](C(=O)NC(c1ccccc1)c1ccccc1)[NH+]1CCN(C(=O)c2ccco2)CC1. The summed E-state index contributed by atoms with van der Waals surface area (Å²) in [5.74, 6) is 0.288. The van der Waals surface area contributed by atoms with Gasteiger partial charge in [0.2, 0.25) is 0 Å². The van der Waals surface area contributed by atoms with Gasteiger partial charge in [-0.25, -0.2) is 0 Å². The number of hydrogen-bond donors (Lipinski definition) is 2. The van der Waals surface area contributed by atoms with E-state index in [1.165, 1.54) is 11.2 Å². The molecule has 6 nitrogen and oxygen atoms in total. The largest absolute Gasteiger partial charge is 0.459 e. The van der Waals surface area contributed by atoms with Crippen LogP contribution in [-0.2, 0) is 4.79 Å². The van der Waals surface area contributed by atoms with Crippen molar-refractivity contribution < 1.29 is 18.9 Å². The average molecular weight is 419 g/mol. The number of piperazine rings is 1. The highest BCUT2D eigenvalue weighted by molar-refractivity contribution is 5.91. The van der Waals surface area contributed by atoms with Crippen LogP contribution in [0.1, 0.15) is 34.6 Å². The molecule has 2 amide bonds. The van der Waals surface area contributed by atoms with Crippen molar-refractivity contribution in [2.45, 2.75) is 19.0 Å². The summed E-state index contributed by atoms with van der Waals surface area (Å²) in [6, 6.07) is 23.0. The van der Waals surface area contributed by atoms with Crippen LogP contribution in [-0.4, -0.2) is 48.9 Å². The van der Waals surface area contributed by atoms with E-state index in [9.17, 15) is 9.59 Å². The molecule has 1 aromatic heterocycles. The summed E-state index contributed by atoms with van der Waals surface area (Å²) in [5.41, 5.74) is 2.11. The van der Waals surface area contributed by atoms with E-state index >= 15 is 0 Å². The molecule has 0 spiro atoms. The number of carbonyl (C=O) groups is 2. The van der Waals surface area contributed by atoms with Crippen molar-refractivity contribution in [1.82, 2.24) is 10.2 Å². The molecule has 2 aromatic carbocycles. The maximum absolute atomic E-state index is 13.2. The molecular formula is C25H28N3O3+. The minimum Gasteiger partial charge on any atom is -0.459 e. The number of nitrogens with one attached hydrogen (secondary N) is 2. The fourth-order valence-electron chi connectivity index (χ4n) is 4.09. The molecule has 2 N–H and O–H groups in total. The quantitative estimate of drug-likeness (QED) is 0.643.